The van der Waals surface area contributed by atoms with Crippen LogP contribution in [0.2, 0.25) is 5.02 Å². The third kappa shape index (κ3) is 4.94. The number of carbonyl (C=O) groups excluding carboxylic acids is 1. The van der Waals surface area contributed by atoms with E-state index < -0.39 is 0 Å². The molecule has 31 heavy (non-hydrogen) atoms. The van der Waals surface area contributed by atoms with E-state index in [2.05, 4.69) is 20.1 Å². The predicted octanol–water partition coefficient (Wildman–Crippen LogP) is 3.54. The number of aromatic nitrogens is 3. The number of nitrogens with zero attached hydrogens (tertiary/aromatic N) is 5. The summed E-state index contributed by atoms with van der Waals surface area (Å²) in [6.45, 7) is 6.51. The van der Waals surface area contributed by atoms with Crippen molar-refractivity contribution in [1.82, 2.24) is 20.1 Å². The van der Waals surface area contributed by atoms with Crippen LogP contribution in [0.25, 0.3) is 11.3 Å². The Kier molecular flexibility index (Phi) is 6.32. The van der Waals surface area contributed by atoms with Crippen molar-refractivity contribution in [2.24, 2.45) is 0 Å². The van der Waals surface area contributed by atoms with Gasteiger partial charge in [0.05, 0.1) is 5.69 Å². The number of amides is 1. The van der Waals surface area contributed by atoms with E-state index in [0.29, 0.717) is 31.9 Å². The maximum absolute atomic E-state index is 12.6. The number of piperazine rings is 1. The largest absolute Gasteiger partial charge is 0.484 e. The Bertz CT molecular complexity index is 1030. The summed E-state index contributed by atoms with van der Waals surface area (Å²) < 4.78 is 5.71. The van der Waals surface area contributed by atoms with E-state index in [1.165, 1.54) is 0 Å². The van der Waals surface area contributed by atoms with Crippen molar-refractivity contribution < 1.29 is 9.53 Å². The number of benzene rings is 1. The van der Waals surface area contributed by atoms with Gasteiger partial charge in [0.2, 0.25) is 0 Å². The van der Waals surface area contributed by atoms with Gasteiger partial charge in [-0.2, -0.15) is 0 Å². The lowest BCUT2D eigenvalue weighted by Gasteiger charge is -2.35. The summed E-state index contributed by atoms with van der Waals surface area (Å²) in [5, 5.41) is 9.43. The SMILES string of the molecule is Cc1cc(OCC(=O)N2CCN(c3ccc(-c4ccncc4)nn3)CC2)cc(C)c1Cl. The van der Waals surface area contributed by atoms with E-state index in [9.17, 15) is 4.79 Å². The number of ether oxygens (including phenoxy) is 1. The number of aryl methyl sites for hydroxylation is 2. The summed E-state index contributed by atoms with van der Waals surface area (Å²) >= 11 is 6.19. The third-order valence-electron chi connectivity index (χ3n) is 5.36. The van der Waals surface area contributed by atoms with E-state index in [4.69, 9.17) is 16.3 Å². The van der Waals surface area contributed by atoms with E-state index in [1.54, 1.807) is 12.4 Å². The molecule has 1 fully saturated rings. The molecule has 0 saturated carbocycles. The average molecular weight is 438 g/mol. The molecule has 0 aliphatic carbocycles. The Morgan fingerprint density at radius 1 is 1.00 bits per heavy atom. The first kappa shape index (κ1) is 21.1. The molecule has 0 bridgehead atoms. The van der Waals surface area contributed by atoms with Crippen LogP contribution in [0.1, 0.15) is 11.1 Å². The van der Waals surface area contributed by atoms with Gasteiger partial charge in [-0.05, 0) is 61.4 Å². The highest BCUT2D eigenvalue weighted by atomic mass is 35.5. The van der Waals surface area contributed by atoms with Crippen LogP contribution in [-0.2, 0) is 4.79 Å². The van der Waals surface area contributed by atoms with Crippen molar-refractivity contribution in [1.29, 1.82) is 0 Å². The highest BCUT2D eigenvalue weighted by molar-refractivity contribution is 6.32. The molecular formula is C23H24ClN5O2. The molecule has 8 heteroatoms. The molecule has 1 saturated heterocycles. The van der Waals surface area contributed by atoms with Crippen LogP contribution in [-0.4, -0.2) is 58.8 Å². The molecule has 160 valence electrons. The summed E-state index contributed by atoms with van der Waals surface area (Å²) in [6.07, 6.45) is 3.47. The number of rotatable bonds is 5. The van der Waals surface area contributed by atoms with Crippen LogP contribution in [0.15, 0.2) is 48.8 Å². The summed E-state index contributed by atoms with van der Waals surface area (Å²) in [5.41, 5.74) is 3.67. The van der Waals surface area contributed by atoms with E-state index in [-0.39, 0.29) is 12.5 Å². The lowest BCUT2D eigenvalue weighted by atomic mass is 10.1. The molecule has 0 spiro atoms. The second-order valence-corrected chi connectivity index (χ2v) is 7.92. The molecule has 0 unspecified atom stereocenters. The number of anilines is 1. The zero-order chi connectivity index (χ0) is 21.8. The van der Waals surface area contributed by atoms with Gasteiger partial charge < -0.3 is 14.5 Å². The predicted molar refractivity (Wildman–Crippen MR) is 120 cm³/mol. The van der Waals surface area contributed by atoms with Gasteiger partial charge in [0, 0.05) is 49.2 Å². The zero-order valence-corrected chi connectivity index (χ0v) is 18.3. The van der Waals surface area contributed by atoms with Crippen LogP contribution in [0, 0.1) is 13.8 Å². The molecule has 2 aromatic heterocycles. The van der Waals surface area contributed by atoms with Gasteiger partial charge in [0.25, 0.3) is 5.91 Å². The van der Waals surface area contributed by atoms with Crippen molar-refractivity contribution >= 4 is 23.3 Å². The fourth-order valence-electron chi connectivity index (χ4n) is 3.58. The number of pyridine rings is 1. The summed E-state index contributed by atoms with van der Waals surface area (Å²) in [6, 6.07) is 11.4. The number of carbonyl (C=O) groups is 1. The Hall–Kier alpha value is -3.19. The zero-order valence-electron chi connectivity index (χ0n) is 17.6. The molecule has 0 atom stereocenters. The molecule has 1 aromatic carbocycles. The molecule has 1 aliphatic rings. The van der Waals surface area contributed by atoms with Gasteiger partial charge >= 0.3 is 0 Å². The van der Waals surface area contributed by atoms with Crippen LogP contribution < -0.4 is 9.64 Å². The summed E-state index contributed by atoms with van der Waals surface area (Å²) in [7, 11) is 0. The number of halogens is 1. The highest BCUT2D eigenvalue weighted by Gasteiger charge is 2.22. The topological polar surface area (TPSA) is 71.5 Å². The first-order valence-electron chi connectivity index (χ1n) is 10.2. The van der Waals surface area contributed by atoms with Crippen molar-refractivity contribution in [3.63, 3.8) is 0 Å². The van der Waals surface area contributed by atoms with Gasteiger partial charge in [-0.15, -0.1) is 10.2 Å². The summed E-state index contributed by atoms with van der Waals surface area (Å²) in [4.78, 5) is 20.6. The lowest BCUT2D eigenvalue weighted by Crippen LogP contribution is -2.50. The van der Waals surface area contributed by atoms with Crippen molar-refractivity contribution in [3.8, 4) is 17.0 Å². The monoisotopic (exact) mass is 437 g/mol. The second-order valence-electron chi connectivity index (χ2n) is 7.54. The molecule has 3 aromatic rings. The van der Waals surface area contributed by atoms with Crippen LogP contribution in [0.4, 0.5) is 5.82 Å². The minimum Gasteiger partial charge on any atom is -0.484 e. The number of hydrogen-bond acceptors (Lipinski definition) is 6. The Morgan fingerprint density at radius 2 is 1.68 bits per heavy atom. The van der Waals surface area contributed by atoms with Crippen molar-refractivity contribution in [2.45, 2.75) is 13.8 Å². The maximum Gasteiger partial charge on any atom is 0.260 e. The lowest BCUT2D eigenvalue weighted by molar-refractivity contribution is -0.133. The van der Waals surface area contributed by atoms with Crippen LogP contribution in [0.3, 0.4) is 0 Å². The van der Waals surface area contributed by atoms with Gasteiger partial charge in [-0.1, -0.05) is 11.6 Å². The smallest absolute Gasteiger partial charge is 0.260 e. The van der Waals surface area contributed by atoms with Crippen molar-refractivity contribution in [2.75, 3.05) is 37.7 Å². The minimum atomic E-state index is -0.0241. The first-order chi connectivity index (χ1) is 15.0. The van der Waals surface area contributed by atoms with Gasteiger partial charge in [0.1, 0.15) is 5.75 Å². The van der Waals surface area contributed by atoms with Crippen LogP contribution >= 0.6 is 11.6 Å². The van der Waals surface area contributed by atoms with E-state index in [1.807, 2.05) is 55.1 Å². The summed E-state index contributed by atoms with van der Waals surface area (Å²) in [5.74, 6) is 1.45. The van der Waals surface area contributed by atoms with Crippen molar-refractivity contribution in [3.05, 3.63) is 64.9 Å². The standard InChI is InChI=1S/C23H24ClN5O2/c1-16-13-19(14-17(2)23(16)24)31-15-22(30)29-11-9-28(10-12-29)21-4-3-20(26-27-21)18-5-7-25-8-6-18/h3-8,13-14H,9-12,15H2,1-2H3. The minimum absolute atomic E-state index is 0.0148. The third-order valence-corrected chi connectivity index (χ3v) is 5.95. The molecule has 4 rings (SSSR count). The molecule has 7 nitrogen and oxygen atoms in total. The Balaban J connectivity index is 1.29. The molecule has 3 heterocycles. The van der Waals surface area contributed by atoms with E-state index in [0.717, 1.165) is 33.2 Å². The fourth-order valence-corrected chi connectivity index (χ4v) is 3.69. The molecule has 0 radical (unpaired) electrons. The second kappa shape index (κ2) is 9.31. The van der Waals surface area contributed by atoms with E-state index >= 15 is 0 Å². The molecule has 1 aliphatic heterocycles. The molecule has 0 N–H and O–H groups in total. The molecule has 1 amide bonds. The normalized spacial score (nSPS) is 13.9. The Morgan fingerprint density at radius 3 is 2.29 bits per heavy atom. The maximum atomic E-state index is 12.6. The van der Waals surface area contributed by atoms with Gasteiger partial charge in [-0.25, -0.2) is 0 Å². The quantitative estimate of drug-likeness (QED) is 0.608. The number of hydrogen-bond donors (Lipinski definition) is 0. The average Bonchev–Trinajstić information content (AvgIpc) is 2.81. The Labute approximate surface area is 186 Å². The van der Waals surface area contributed by atoms with Gasteiger partial charge in [-0.3, -0.25) is 9.78 Å². The highest BCUT2D eigenvalue weighted by Crippen LogP contribution is 2.26. The molecular weight excluding hydrogens is 414 g/mol. The van der Waals surface area contributed by atoms with Crippen LogP contribution in [0.5, 0.6) is 5.75 Å². The van der Waals surface area contributed by atoms with Gasteiger partial charge in [0.15, 0.2) is 12.4 Å². The fraction of sp³-hybridized carbons (Fsp3) is 0.304. The first-order valence-corrected chi connectivity index (χ1v) is 10.6.